The maximum atomic E-state index is 12.9. The molecule has 7 heteroatoms. The van der Waals surface area contributed by atoms with E-state index < -0.39 is 5.78 Å². The number of carbonyl (C=O) groups excluding carboxylic acids is 2. The van der Waals surface area contributed by atoms with Gasteiger partial charge < -0.3 is 5.32 Å². The largest absolute Gasteiger partial charge is 0.380 e. The van der Waals surface area contributed by atoms with E-state index in [0.717, 1.165) is 5.56 Å². The van der Waals surface area contributed by atoms with Crippen molar-refractivity contribution in [3.8, 4) is 0 Å². The van der Waals surface area contributed by atoms with Gasteiger partial charge in [-0.1, -0.05) is 78.0 Å². The molecule has 166 valence electrons. The Morgan fingerprint density at radius 3 is 2.16 bits per heavy atom. The molecule has 4 rings (SSSR count). The van der Waals surface area contributed by atoms with Gasteiger partial charge in [-0.25, -0.2) is 5.43 Å². The molecular formula is C25H26IN3O3. The molecule has 0 saturated heterocycles. The molecule has 0 heterocycles. The van der Waals surface area contributed by atoms with Crippen LogP contribution < -0.4 is 10.7 Å². The average Bonchev–Trinajstić information content (AvgIpc) is 2.80. The van der Waals surface area contributed by atoms with Gasteiger partial charge in [0.1, 0.15) is 11.4 Å². The van der Waals surface area contributed by atoms with Gasteiger partial charge in [0.15, 0.2) is 0 Å². The minimum atomic E-state index is -0.415. The zero-order chi connectivity index (χ0) is 22.7. The minimum Gasteiger partial charge on any atom is -0.380 e. The Labute approximate surface area is 201 Å². The molecule has 2 aliphatic rings. The standard InChI is InChI=1S/C25H26IN3O3/c1-25(26)13-10-18(11-14-25)17-8-6-16(7-9-17)12-15-27-21-22(28-29-32)24(31)20-5-3-2-4-19(20)23(21)30/h2-9,18,27H,10-15H2,1H3,(H,28,32). The van der Waals surface area contributed by atoms with Crippen LogP contribution in [0, 0.1) is 4.91 Å². The van der Waals surface area contributed by atoms with Crippen molar-refractivity contribution in [1.82, 2.24) is 10.7 Å². The molecular weight excluding hydrogens is 517 g/mol. The second-order valence-corrected chi connectivity index (χ2v) is 11.4. The number of allylic oxidation sites excluding steroid dienone is 2. The molecule has 2 aromatic rings. The molecule has 0 atom stereocenters. The molecule has 0 spiro atoms. The number of Topliss-reactive ketones (excluding diaryl/α,β-unsaturated/α-hetero) is 2. The number of nitrogens with one attached hydrogen (secondary N) is 2. The molecule has 0 amide bonds. The molecule has 32 heavy (non-hydrogen) atoms. The molecule has 2 aliphatic carbocycles. The lowest BCUT2D eigenvalue weighted by Crippen LogP contribution is -2.35. The number of rotatable bonds is 7. The van der Waals surface area contributed by atoms with Crippen LogP contribution >= 0.6 is 22.6 Å². The maximum Gasteiger partial charge on any atom is 0.213 e. The lowest BCUT2D eigenvalue weighted by Gasteiger charge is -2.33. The lowest BCUT2D eigenvalue weighted by molar-refractivity contribution is 0.0962. The van der Waals surface area contributed by atoms with Gasteiger partial charge in [-0.3, -0.25) is 9.59 Å². The summed E-state index contributed by atoms with van der Waals surface area (Å²) in [5, 5.41) is 5.69. The third kappa shape index (κ3) is 4.77. The smallest absolute Gasteiger partial charge is 0.213 e. The second-order valence-electron chi connectivity index (χ2n) is 8.76. The van der Waals surface area contributed by atoms with Crippen LogP contribution in [-0.2, 0) is 6.42 Å². The molecule has 2 N–H and O–H groups in total. The number of alkyl halides is 1. The van der Waals surface area contributed by atoms with Crippen molar-refractivity contribution >= 4 is 34.2 Å². The first-order chi connectivity index (χ1) is 15.4. The van der Waals surface area contributed by atoms with E-state index in [1.54, 1.807) is 24.3 Å². The summed E-state index contributed by atoms with van der Waals surface area (Å²) in [6, 6.07) is 15.3. The fourth-order valence-electron chi connectivity index (χ4n) is 4.54. The van der Waals surface area contributed by atoms with Crippen LogP contribution in [-0.4, -0.2) is 21.5 Å². The molecule has 1 saturated carbocycles. The quantitative estimate of drug-likeness (QED) is 0.216. The fraction of sp³-hybridized carbons (Fsp3) is 0.360. The topological polar surface area (TPSA) is 87.6 Å². The van der Waals surface area contributed by atoms with Crippen LogP contribution in [0.2, 0.25) is 0 Å². The predicted octanol–water partition coefficient (Wildman–Crippen LogP) is 5.23. The first-order valence-electron chi connectivity index (χ1n) is 10.9. The highest BCUT2D eigenvalue weighted by Gasteiger charge is 2.32. The number of carbonyl (C=O) groups is 2. The fourth-order valence-corrected chi connectivity index (χ4v) is 5.16. The van der Waals surface area contributed by atoms with Crippen LogP contribution in [0.15, 0.2) is 65.2 Å². The average molecular weight is 543 g/mol. The van der Waals surface area contributed by atoms with Crippen molar-refractivity contribution < 1.29 is 9.59 Å². The number of halogens is 1. The predicted molar refractivity (Wildman–Crippen MR) is 133 cm³/mol. The van der Waals surface area contributed by atoms with E-state index in [1.807, 2.05) is 0 Å². The van der Waals surface area contributed by atoms with Crippen molar-refractivity contribution in [3.63, 3.8) is 0 Å². The Morgan fingerprint density at radius 2 is 1.56 bits per heavy atom. The Hall–Kier alpha value is -2.55. The molecule has 0 aromatic heterocycles. The van der Waals surface area contributed by atoms with Crippen LogP contribution in [0.3, 0.4) is 0 Å². The van der Waals surface area contributed by atoms with E-state index in [1.165, 1.54) is 31.2 Å². The van der Waals surface area contributed by atoms with E-state index in [9.17, 15) is 14.5 Å². The zero-order valence-electron chi connectivity index (χ0n) is 18.0. The zero-order valence-corrected chi connectivity index (χ0v) is 20.1. The van der Waals surface area contributed by atoms with Crippen LogP contribution in [0.5, 0.6) is 0 Å². The highest BCUT2D eigenvalue weighted by molar-refractivity contribution is 14.1. The SMILES string of the molecule is CC1(I)CCC(c2ccc(CCNC3=C(NN=O)C(=O)c4ccccc4C3=O)cc2)CC1. The molecule has 2 aromatic carbocycles. The summed E-state index contributed by atoms with van der Waals surface area (Å²) < 4.78 is 0.431. The number of nitrogens with zero attached hydrogens (tertiary/aromatic N) is 1. The summed E-state index contributed by atoms with van der Waals surface area (Å²) in [5.41, 5.74) is 5.31. The molecule has 6 nitrogen and oxygen atoms in total. The van der Waals surface area contributed by atoms with E-state index in [0.29, 0.717) is 27.9 Å². The van der Waals surface area contributed by atoms with E-state index in [2.05, 4.69) is 69.8 Å². The van der Waals surface area contributed by atoms with Crippen molar-refractivity contribution in [3.05, 3.63) is 87.1 Å². The Balaban J connectivity index is 1.41. The highest BCUT2D eigenvalue weighted by atomic mass is 127. The van der Waals surface area contributed by atoms with Crippen molar-refractivity contribution in [1.29, 1.82) is 0 Å². The summed E-state index contributed by atoms with van der Waals surface area (Å²) in [6.07, 6.45) is 5.65. The van der Waals surface area contributed by atoms with Crippen LogP contribution in [0.1, 0.15) is 70.4 Å². The van der Waals surface area contributed by atoms with Gasteiger partial charge in [0.2, 0.25) is 11.6 Å². The summed E-state index contributed by atoms with van der Waals surface area (Å²) in [4.78, 5) is 36.4. The van der Waals surface area contributed by atoms with Crippen molar-refractivity contribution in [2.45, 2.75) is 48.4 Å². The van der Waals surface area contributed by atoms with Gasteiger partial charge in [0, 0.05) is 21.1 Å². The lowest BCUT2D eigenvalue weighted by atomic mass is 9.79. The monoisotopic (exact) mass is 543 g/mol. The van der Waals surface area contributed by atoms with Gasteiger partial charge >= 0.3 is 0 Å². The Bertz CT molecular complexity index is 1070. The number of ketones is 2. The number of benzene rings is 2. The first-order valence-corrected chi connectivity index (χ1v) is 12.0. The summed E-state index contributed by atoms with van der Waals surface area (Å²) in [6.45, 7) is 2.79. The molecule has 0 bridgehead atoms. The van der Waals surface area contributed by atoms with E-state index in [-0.39, 0.29) is 22.7 Å². The van der Waals surface area contributed by atoms with Gasteiger partial charge in [-0.15, -0.1) is 4.91 Å². The molecule has 1 fully saturated rings. The van der Waals surface area contributed by atoms with Gasteiger partial charge in [0.25, 0.3) is 0 Å². The van der Waals surface area contributed by atoms with Gasteiger partial charge in [0.05, 0.1) is 5.29 Å². The van der Waals surface area contributed by atoms with E-state index in [4.69, 9.17) is 0 Å². The third-order valence-electron chi connectivity index (χ3n) is 6.47. The first kappa shape index (κ1) is 22.6. The summed E-state index contributed by atoms with van der Waals surface area (Å²) in [5.74, 6) is -0.103. The van der Waals surface area contributed by atoms with Crippen molar-refractivity contribution in [2.75, 3.05) is 6.54 Å². The molecule has 0 unspecified atom stereocenters. The number of hydrogen-bond acceptors (Lipinski definition) is 5. The van der Waals surface area contributed by atoms with Crippen LogP contribution in [0.4, 0.5) is 0 Å². The highest BCUT2D eigenvalue weighted by Crippen LogP contribution is 2.42. The molecule has 0 radical (unpaired) electrons. The normalized spacial score (nSPS) is 23.0. The van der Waals surface area contributed by atoms with Gasteiger partial charge in [-0.05, 0) is 49.1 Å². The third-order valence-corrected chi connectivity index (χ3v) is 7.55. The number of hydrogen-bond donors (Lipinski definition) is 2. The maximum absolute atomic E-state index is 12.9. The Morgan fingerprint density at radius 1 is 0.969 bits per heavy atom. The number of fused-ring (bicyclic) bond motifs is 1. The van der Waals surface area contributed by atoms with Crippen molar-refractivity contribution in [2.24, 2.45) is 5.29 Å². The summed E-state index contributed by atoms with van der Waals surface area (Å²) >= 11 is 2.59. The van der Waals surface area contributed by atoms with Gasteiger partial charge in [-0.2, -0.15) is 0 Å². The second kappa shape index (κ2) is 9.52. The number of nitroso groups, excluding NO2 is 1. The van der Waals surface area contributed by atoms with Crippen LogP contribution in [0.25, 0.3) is 0 Å². The Kier molecular flexibility index (Phi) is 6.74. The molecule has 0 aliphatic heterocycles. The summed E-state index contributed by atoms with van der Waals surface area (Å²) in [7, 11) is 0. The van der Waals surface area contributed by atoms with E-state index >= 15 is 0 Å². The minimum absolute atomic E-state index is 0.0916.